The maximum Gasteiger partial charge on any atom is 0.348 e. The van der Waals surface area contributed by atoms with Gasteiger partial charge in [-0.3, -0.25) is 0 Å². The van der Waals surface area contributed by atoms with E-state index in [4.69, 9.17) is 16.3 Å². The number of likely N-dealkylation sites (N-methyl/N-ethyl adjacent to an activating group) is 1. The Hall–Kier alpha value is -1.10. The Labute approximate surface area is 127 Å². The normalized spacial score (nSPS) is 15.3. The lowest BCUT2D eigenvalue weighted by atomic mass is 10.0. The second-order valence-corrected chi connectivity index (χ2v) is 6.48. The molecule has 0 bridgehead atoms. The zero-order valence-corrected chi connectivity index (χ0v) is 13.1. The fourth-order valence-electron chi connectivity index (χ4n) is 2.71. The minimum atomic E-state index is -0.221. The molecule has 2 heterocycles. The zero-order chi connectivity index (χ0) is 14.3. The molecule has 1 aromatic heterocycles. The topological polar surface area (TPSA) is 29.5 Å². The number of hydrogen-bond donors (Lipinski definition) is 0. The SMILES string of the molecule is CCOC(=O)c1sc2ccc(Cl)c3c2c1CN(C)CC3. The lowest BCUT2D eigenvalue weighted by Gasteiger charge is -2.13. The van der Waals surface area contributed by atoms with E-state index in [2.05, 4.69) is 11.9 Å². The Morgan fingerprint density at radius 1 is 1.45 bits per heavy atom. The van der Waals surface area contributed by atoms with Crippen molar-refractivity contribution in [2.75, 3.05) is 20.2 Å². The second kappa shape index (κ2) is 5.35. The van der Waals surface area contributed by atoms with Crippen molar-refractivity contribution in [1.82, 2.24) is 4.90 Å². The van der Waals surface area contributed by atoms with Gasteiger partial charge >= 0.3 is 5.97 Å². The van der Waals surface area contributed by atoms with Gasteiger partial charge in [0, 0.05) is 28.2 Å². The Kier molecular flexibility index (Phi) is 3.71. The van der Waals surface area contributed by atoms with Gasteiger partial charge in [-0.2, -0.15) is 0 Å². The van der Waals surface area contributed by atoms with Gasteiger partial charge in [-0.05, 0) is 43.7 Å². The van der Waals surface area contributed by atoms with Crippen LogP contribution in [0.3, 0.4) is 0 Å². The molecule has 20 heavy (non-hydrogen) atoms. The molecule has 0 fully saturated rings. The molecule has 3 nitrogen and oxygen atoms in total. The predicted octanol–water partition coefficient (Wildman–Crippen LogP) is 3.72. The summed E-state index contributed by atoms with van der Waals surface area (Å²) in [4.78, 5) is 15.1. The Morgan fingerprint density at radius 2 is 2.25 bits per heavy atom. The van der Waals surface area contributed by atoms with Gasteiger partial charge in [-0.15, -0.1) is 11.3 Å². The lowest BCUT2D eigenvalue weighted by Crippen LogP contribution is -2.19. The first-order valence-electron chi connectivity index (χ1n) is 6.70. The Morgan fingerprint density at radius 3 is 3.00 bits per heavy atom. The second-order valence-electron chi connectivity index (χ2n) is 5.02. The summed E-state index contributed by atoms with van der Waals surface area (Å²) in [7, 11) is 2.07. The van der Waals surface area contributed by atoms with Gasteiger partial charge in [0.2, 0.25) is 0 Å². The third-order valence-electron chi connectivity index (χ3n) is 3.64. The molecule has 0 saturated heterocycles. The highest BCUT2D eigenvalue weighted by Crippen LogP contribution is 2.39. The number of benzene rings is 1. The molecule has 5 heteroatoms. The Balaban J connectivity index is 2.25. The summed E-state index contributed by atoms with van der Waals surface area (Å²) >= 11 is 7.86. The number of esters is 1. The summed E-state index contributed by atoms with van der Waals surface area (Å²) in [5.74, 6) is -0.221. The number of hydrogen-bond acceptors (Lipinski definition) is 4. The summed E-state index contributed by atoms with van der Waals surface area (Å²) < 4.78 is 6.31. The van der Waals surface area contributed by atoms with Crippen molar-refractivity contribution in [3.8, 4) is 0 Å². The zero-order valence-electron chi connectivity index (χ0n) is 11.5. The van der Waals surface area contributed by atoms with Gasteiger partial charge in [0.25, 0.3) is 0 Å². The molecule has 0 N–H and O–H groups in total. The maximum absolute atomic E-state index is 12.2. The monoisotopic (exact) mass is 309 g/mol. The number of halogens is 1. The molecule has 0 spiro atoms. The molecule has 0 saturated carbocycles. The van der Waals surface area contributed by atoms with Crippen LogP contribution in [0.25, 0.3) is 10.1 Å². The summed E-state index contributed by atoms with van der Waals surface area (Å²) in [6, 6.07) is 3.93. The highest BCUT2D eigenvalue weighted by Gasteiger charge is 2.25. The van der Waals surface area contributed by atoms with E-state index in [9.17, 15) is 4.79 Å². The van der Waals surface area contributed by atoms with Gasteiger partial charge in [-0.25, -0.2) is 4.79 Å². The van der Waals surface area contributed by atoms with Crippen molar-refractivity contribution in [2.24, 2.45) is 0 Å². The number of carbonyl (C=O) groups excluding carboxylic acids is 1. The third kappa shape index (κ3) is 2.22. The molecule has 0 atom stereocenters. The molecule has 0 unspecified atom stereocenters. The van der Waals surface area contributed by atoms with Crippen molar-refractivity contribution in [2.45, 2.75) is 19.9 Å². The van der Waals surface area contributed by atoms with Crippen LogP contribution >= 0.6 is 22.9 Å². The van der Waals surface area contributed by atoms with Gasteiger partial charge < -0.3 is 9.64 Å². The highest BCUT2D eigenvalue weighted by molar-refractivity contribution is 7.21. The third-order valence-corrected chi connectivity index (χ3v) is 5.17. The number of rotatable bonds is 2. The summed E-state index contributed by atoms with van der Waals surface area (Å²) in [5.41, 5.74) is 2.23. The predicted molar refractivity (Wildman–Crippen MR) is 82.8 cm³/mol. The van der Waals surface area contributed by atoms with Crippen molar-refractivity contribution in [3.05, 3.63) is 33.2 Å². The smallest absolute Gasteiger partial charge is 0.348 e. The molecular weight excluding hydrogens is 294 g/mol. The minimum absolute atomic E-state index is 0.221. The van der Waals surface area contributed by atoms with Crippen LogP contribution in [0.2, 0.25) is 5.02 Å². The van der Waals surface area contributed by atoms with Gasteiger partial charge in [0.1, 0.15) is 4.88 Å². The molecule has 1 aromatic carbocycles. The van der Waals surface area contributed by atoms with Crippen LogP contribution < -0.4 is 0 Å². The molecule has 0 amide bonds. The van der Waals surface area contributed by atoms with Gasteiger partial charge in [-0.1, -0.05) is 11.6 Å². The lowest BCUT2D eigenvalue weighted by molar-refractivity contribution is 0.0530. The van der Waals surface area contributed by atoms with E-state index < -0.39 is 0 Å². The van der Waals surface area contributed by atoms with Crippen LogP contribution in [-0.4, -0.2) is 31.1 Å². The first kappa shape index (κ1) is 13.9. The maximum atomic E-state index is 12.2. The Bertz CT molecular complexity index is 680. The van der Waals surface area contributed by atoms with Crippen LogP contribution in [0, 0.1) is 0 Å². The van der Waals surface area contributed by atoms with Gasteiger partial charge in [0.15, 0.2) is 0 Å². The standard InChI is InChI=1S/C15H16ClNO2S/c1-3-19-15(18)14-10-8-17(2)7-6-9-11(16)4-5-12(20-14)13(9)10/h4-5H,3,6-8H2,1-2H3. The van der Waals surface area contributed by atoms with Crippen LogP contribution in [0.15, 0.2) is 12.1 Å². The first-order chi connectivity index (χ1) is 9.61. The molecule has 0 radical (unpaired) electrons. The molecule has 1 aliphatic heterocycles. The quantitative estimate of drug-likeness (QED) is 0.792. The average molecular weight is 310 g/mol. The number of thiophene rings is 1. The summed E-state index contributed by atoms with van der Waals surface area (Å²) in [5, 5.41) is 1.96. The van der Waals surface area contributed by atoms with Crippen LogP contribution in [-0.2, 0) is 17.7 Å². The molecular formula is C15H16ClNO2S. The van der Waals surface area contributed by atoms with E-state index in [0.29, 0.717) is 6.61 Å². The van der Waals surface area contributed by atoms with Crippen molar-refractivity contribution < 1.29 is 9.53 Å². The minimum Gasteiger partial charge on any atom is -0.462 e. The van der Waals surface area contributed by atoms with Crippen molar-refractivity contribution in [1.29, 1.82) is 0 Å². The van der Waals surface area contributed by atoms with Crippen molar-refractivity contribution >= 4 is 39.0 Å². The average Bonchev–Trinajstić information content (AvgIpc) is 2.67. The molecule has 3 rings (SSSR count). The first-order valence-corrected chi connectivity index (χ1v) is 7.89. The molecule has 106 valence electrons. The molecule has 2 aromatic rings. The highest BCUT2D eigenvalue weighted by atomic mass is 35.5. The van der Waals surface area contributed by atoms with E-state index in [1.165, 1.54) is 11.3 Å². The van der Waals surface area contributed by atoms with E-state index in [0.717, 1.165) is 50.6 Å². The largest absolute Gasteiger partial charge is 0.462 e. The fourth-order valence-corrected chi connectivity index (χ4v) is 4.10. The summed E-state index contributed by atoms with van der Waals surface area (Å²) in [6.45, 7) is 3.94. The van der Waals surface area contributed by atoms with E-state index in [1.54, 1.807) is 0 Å². The van der Waals surface area contributed by atoms with Crippen molar-refractivity contribution in [3.63, 3.8) is 0 Å². The number of ether oxygens (including phenoxy) is 1. The van der Waals surface area contributed by atoms with Crippen LogP contribution in [0.5, 0.6) is 0 Å². The number of nitrogens with zero attached hydrogens (tertiary/aromatic N) is 1. The van der Waals surface area contributed by atoms with E-state index >= 15 is 0 Å². The summed E-state index contributed by atoms with van der Waals surface area (Å²) in [6.07, 6.45) is 0.915. The number of carbonyl (C=O) groups is 1. The van der Waals surface area contributed by atoms with E-state index in [-0.39, 0.29) is 5.97 Å². The van der Waals surface area contributed by atoms with E-state index in [1.807, 2.05) is 19.1 Å². The molecule has 0 aliphatic carbocycles. The van der Waals surface area contributed by atoms with Crippen LogP contribution in [0.4, 0.5) is 0 Å². The van der Waals surface area contributed by atoms with Gasteiger partial charge in [0.05, 0.1) is 6.61 Å². The fraction of sp³-hybridized carbons (Fsp3) is 0.400. The molecule has 1 aliphatic rings. The van der Waals surface area contributed by atoms with Crippen LogP contribution in [0.1, 0.15) is 27.7 Å².